The number of hydrogen-bond donors (Lipinski definition) is 1. The van der Waals surface area contributed by atoms with Crippen LogP contribution in [0.25, 0.3) is 0 Å². The van der Waals surface area contributed by atoms with E-state index in [4.69, 9.17) is 12.2 Å². The number of nitrogens with one attached hydrogen (secondary N) is 1. The van der Waals surface area contributed by atoms with Crippen LogP contribution in [-0.2, 0) is 6.54 Å². The molecule has 0 bridgehead atoms. The Morgan fingerprint density at radius 3 is 2.67 bits per heavy atom. The van der Waals surface area contributed by atoms with Crippen LogP contribution in [0.15, 0.2) is 35.4 Å². The zero-order valence-corrected chi connectivity index (χ0v) is 9.79. The lowest BCUT2D eigenvalue weighted by Crippen LogP contribution is -2.33. The summed E-state index contributed by atoms with van der Waals surface area (Å²) in [6.45, 7) is 2.56. The second kappa shape index (κ2) is 6.14. The number of hydrazone groups is 1. The Hall–Kier alpha value is -1.42. The van der Waals surface area contributed by atoms with Crippen LogP contribution < -0.4 is 5.32 Å². The van der Waals surface area contributed by atoms with E-state index in [0.717, 1.165) is 0 Å². The van der Waals surface area contributed by atoms with Crippen LogP contribution >= 0.6 is 12.2 Å². The van der Waals surface area contributed by atoms with E-state index in [1.807, 2.05) is 25.1 Å². The molecule has 3 nitrogen and oxygen atoms in total. The Morgan fingerprint density at radius 2 is 2.13 bits per heavy atom. The van der Waals surface area contributed by atoms with E-state index < -0.39 is 0 Å². The predicted octanol–water partition coefficient (Wildman–Crippen LogP) is 2.00. The molecule has 0 saturated heterocycles. The molecule has 4 heteroatoms. The van der Waals surface area contributed by atoms with Crippen LogP contribution in [0, 0.1) is 0 Å². The van der Waals surface area contributed by atoms with Crippen molar-refractivity contribution in [3.05, 3.63) is 35.9 Å². The van der Waals surface area contributed by atoms with Crippen molar-refractivity contribution in [2.45, 2.75) is 13.5 Å². The molecule has 0 radical (unpaired) electrons. The van der Waals surface area contributed by atoms with Crippen molar-refractivity contribution in [3.63, 3.8) is 0 Å². The zero-order valence-electron chi connectivity index (χ0n) is 8.97. The fourth-order valence-corrected chi connectivity index (χ4v) is 1.30. The molecule has 80 valence electrons. The summed E-state index contributed by atoms with van der Waals surface area (Å²) in [6, 6.07) is 10.1. The first-order chi connectivity index (χ1) is 7.27. The summed E-state index contributed by atoms with van der Waals surface area (Å²) in [5.74, 6) is 0. The van der Waals surface area contributed by atoms with Crippen molar-refractivity contribution in [1.29, 1.82) is 0 Å². The summed E-state index contributed by atoms with van der Waals surface area (Å²) in [6.07, 6.45) is 1.73. The Balaban J connectivity index is 2.71. The largest absolute Gasteiger partial charge is 0.364 e. The summed E-state index contributed by atoms with van der Waals surface area (Å²) in [5, 5.41) is 9.49. The van der Waals surface area contributed by atoms with Gasteiger partial charge in [0.05, 0.1) is 6.54 Å². The minimum atomic E-state index is 0.622. The fraction of sp³-hybridized carbons (Fsp3) is 0.273. The Morgan fingerprint density at radius 1 is 1.47 bits per heavy atom. The van der Waals surface area contributed by atoms with E-state index in [1.54, 1.807) is 18.3 Å². The van der Waals surface area contributed by atoms with Crippen molar-refractivity contribution < 1.29 is 0 Å². The van der Waals surface area contributed by atoms with E-state index in [1.165, 1.54) is 5.56 Å². The monoisotopic (exact) mass is 221 g/mol. The molecule has 15 heavy (non-hydrogen) atoms. The van der Waals surface area contributed by atoms with Gasteiger partial charge in [0, 0.05) is 13.3 Å². The second-order valence-electron chi connectivity index (χ2n) is 2.97. The standard InChI is InChI=1S/C11H15N3S/c1-3-13-14(11(15)12-2)9-10-7-5-4-6-8-10/h3-8H,9H2,1-2H3,(H,12,15)/b13-3+. The minimum absolute atomic E-state index is 0.622. The van der Waals surface area contributed by atoms with Crippen LogP contribution in [0.5, 0.6) is 0 Å². The molecule has 0 amide bonds. The van der Waals surface area contributed by atoms with Crippen LogP contribution in [0.4, 0.5) is 0 Å². The highest BCUT2D eigenvalue weighted by molar-refractivity contribution is 7.80. The lowest BCUT2D eigenvalue weighted by atomic mass is 10.2. The lowest BCUT2D eigenvalue weighted by molar-refractivity contribution is 0.436. The molecule has 1 aromatic carbocycles. The summed E-state index contributed by atoms with van der Waals surface area (Å²) in [4.78, 5) is 0. The smallest absolute Gasteiger partial charge is 0.189 e. The first kappa shape index (κ1) is 11.7. The lowest BCUT2D eigenvalue weighted by Gasteiger charge is -2.18. The van der Waals surface area contributed by atoms with Crippen molar-refractivity contribution in [3.8, 4) is 0 Å². The van der Waals surface area contributed by atoms with Gasteiger partial charge in [0.1, 0.15) is 0 Å². The summed E-state index contributed by atoms with van der Waals surface area (Å²) in [5.41, 5.74) is 1.18. The van der Waals surface area contributed by atoms with Crippen molar-refractivity contribution in [2.24, 2.45) is 5.10 Å². The molecule has 0 aliphatic rings. The highest BCUT2D eigenvalue weighted by Gasteiger charge is 2.05. The van der Waals surface area contributed by atoms with Gasteiger partial charge in [-0.15, -0.1) is 0 Å². The van der Waals surface area contributed by atoms with Gasteiger partial charge < -0.3 is 5.32 Å². The van der Waals surface area contributed by atoms with Crippen LogP contribution in [-0.4, -0.2) is 23.4 Å². The van der Waals surface area contributed by atoms with Crippen LogP contribution in [0.1, 0.15) is 12.5 Å². The maximum absolute atomic E-state index is 5.14. The maximum Gasteiger partial charge on any atom is 0.189 e. The normalized spacial score (nSPS) is 10.3. The van der Waals surface area contributed by atoms with Gasteiger partial charge in [0.2, 0.25) is 0 Å². The molecule has 1 rings (SSSR count). The quantitative estimate of drug-likeness (QED) is 0.480. The number of hydrogen-bond acceptors (Lipinski definition) is 2. The molecule has 0 aliphatic carbocycles. The van der Waals surface area contributed by atoms with E-state index in [9.17, 15) is 0 Å². The van der Waals surface area contributed by atoms with Gasteiger partial charge >= 0.3 is 0 Å². The topological polar surface area (TPSA) is 27.6 Å². The van der Waals surface area contributed by atoms with Gasteiger partial charge in [-0.25, -0.2) is 5.01 Å². The second-order valence-corrected chi connectivity index (χ2v) is 3.36. The number of benzene rings is 1. The van der Waals surface area contributed by atoms with E-state index >= 15 is 0 Å². The third-order valence-corrected chi connectivity index (χ3v) is 2.29. The third kappa shape index (κ3) is 3.67. The molecule has 0 unspecified atom stereocenters. The highest BCUT2D eigenvalue weighted by Crippen LogP contribution is 2.04. The van der Waals surface area contributed by atoms with E-state index in [2.05, 4.69) is 22.6 Å². The Bertz CT molecular complexity index is 335. The molecule has 1 aromatic rings. The molecular formula is C11H15N3S. The van der Waals surface area contributed by atoms with E-state index in [0.29, 0.717) is 11.7 Å². The molecule has 0 aromatic heterocycles. The molecule has 0 spiro atoms. The maximum atomic E-state index is 5.14. The first-order valence-electron chi connectivity index (χ1n) is 4.79. The highest BCUT2D eigenvalue weighted by atomic mass is 32.1. The summed E-state index contributed by atoms with van der Waals surface area (Å²) < 4.78 is 0. The fourth-order valence-electron chi connectivity index (χ4n) is 1.19. The number of rotatable bonds is 3. The molecule has 0 atom stereocenters. The van der Waals surface area contributed by atoms with Crippen molar-refractivity contribution in [1.82, 2.24) is 10.3 Å². The first-order valence-corrected chi connectivity index (χ1v) is 5.20. The summed E-state index contributed by atoms with van der Waals surface area (Å²) in [7, 11) is 1.80. The molecule has 1 N–H and O–H groups in total. The van der Waals surface area contributed by atoms with Gasteiger partial charge in [-0.2, -0.15) is 5.10 Å². The molecule has 0 fully saturated rings. The minimum Gasteiger partial charge on any atom is -0.364 e. The predicted molar refractivity (Wildman–Crippen MR) is 67.8 cm³/mol. The van der Waals surface area contributed by atoms with Gasteiger partial charge in [-0.05, 0) is 24.7 Å². The summed E-state index contributed by atoms with van der Waals surface area (Å²) >= 11 is 5.14. The number of thiocarbonyl (C=S) groups is 1. The Labute approximate surface area is 95.8 Å². The van der Waals surface area contributed by atoms with E-state index in [-0.39, 0.29) is 0 Å². The molecule has 0 aliphatic heterocycles. The van der Waals surface area contributed by atoms with Gasteiger partial charge in [-0.1, -0.05) is 30.3 Å². The van der Waals surface area contributed by atoms with Crippen LogP contribution in [0.2, 0.25) is 0 Å². The van der Waals surface area contributed by atoms with Crippen LogP contribution in [0.3, 0.4) is 0 Å². The van der Waals surface area contributed by atoms with Gasteiger partial charge in [0.25, 0.3) is 0 Å². The average Bonchev–Trinajstić information content (AvgIpc) is 2.29. The van der Waals surface area contributed by atoms with Crippen molar-refractivity contribution >= 4 is 23.5 Å². The molecule has 0 heterocycles. The average molecular weight is 221 g/mol. The van der Waals surface area contributed by atoms with Crippen molar-refractivity contribution in [2.75, 3.05) is 7.05 Å². The molecular weight excluding hydrogens is 206 g/mol. The number of nitrogens with zero attached hydrogens (tertiary/aromatic N) is 2. The SMILES string of the molecule is C/C=N/N(Cc1ccccc1)C(=S)NC. The Kier molecular flexibility index (Phi) is 4.77. The third-order valence-electron chi connectivity index (χ3n) is 1.88. The van der Waals surface area contributed by atoms with Gasteiger partial charge in [0.15, 0.2) is 5.11 Å². The zero-order chi connectivity index (χ0) is 11.1. The molecule has 0 saturated carbocycles. The van der Waals surface area contributed by atoms with Gasteiger partial charge in [-0.3, -0.25) is 0 Å².